The number of H-pyrrole nitrogens is 1. The first-order valence-electron chi connectivity index (χ1n) is 4.27. The Morgan fingerprint density at radius 2 is 2.17 bits per heavy atom. The molecule has 0 spiro atoms. The third-order valence-corrected chi connectivity index (χ3v) is 2.22. The molecule has 1 atom stereocenters. The molecule has 0 bridgehead atoms. The van der Waals surface area contributed by atoms with E-state index in [-0.39, 0.29) is 0 Å². The van der Waals surface area contributed by atoms with E-state index >= 15 is 0 Å². The topological polar surface area (TPSA) is 41.0 Å². The summed E-state index contributed by atoms with van der Waals surface area (Å²) < 4.78 is 0. The van der Waals surface area contributed by atoms with Gasteiger partial charge < -0.3 is 4.98 Å². The van der Waals surface area contributed by atoms with Gasteiger partial charge in [0.2, 0.25) is 0 Å². The molecular formula is C9H13N3. The summed E-state index contributed by atoms with van der Waals surface area (Å²) in [6, 6.07) is 0. The second-order valence-electron chi connectivity index (χ2n) is 3.51. The molecule has 3 heteroatoms. The fourth-order valence-electron chi connectivity index (χ4n) is 1.70. The number of nitrogens with one attached hydrogen (secondary N) is 1. The van der Waals surface area contributed by atoms with Crippen molar-refractivity contribution in [3.63, 3.8) is 0 Å². The number of hydrogen-bond acceptors (Lipinski definition) is 2. The van der Waals surface area contributed by atoms with Gasteiger partial charge in [-0.1, -0.05) is 6.92 Å². The summed E-state index contributed by atoms with van der Waals surface area (Å²) in [5.41, 5.74) is 2.37. The van der Waals surface area contributed by atoms with E-state index in [2.05, 4.69) is 28.8 Å². The molecule has 1 aliphatic rings. The molecule has 1 N–H and O–H groups in total. The highest BCUT2D eigenvalue weighted by molar-refractivity contribution is 5.86. The van der Waals surface area contributed by atoms with Crippen molar-refractivity contribution in [1.29, 1.82) is 0 Å². The SMILES string of the molecule is CC1=Nc2nc(C)[nH]c2C(C)C1. The quantitative estimate of drug-likeness (QED) is 0.626. The highest BCUT2D eigenvalue weighted by Gasteiger charge is 2.19. The van der Waals surface area contributed by atoms with E-state index in [0.717, 1.165) is 18.1 Å². The molecule has 1 aliphatic heterocycles. The Labute approximate surface area is 71.9 Å². The van der Waals surface area contributed by atoms with Crippen LogP contribution in [-0.4, -0.2) is 15.7 Å². The van der Waals surface area contributed by atoms with Gasteiger partial charge in [0.1, 0.15) is 5.82 Å². The van der Waals surface area contributed by atoms with Crippen LogP contribution in [-0.2, 0) is 0 Å². The van der Waals surface area contributed by atoms with E-state index in [0.29, 0.717) is 5.92 Å². The summed E-state index contributed by atoms with van der Waals surface area (Å²) in [7, 11) is 0. The fourth-order valence-corrected chi connectivity index (χ4v) is 1.70. The van der Waals surface area contributed by atoms with Gasteiger partial charge in [-0.3, -0.25) is 0 Å². The molecule has 0 aromatic carbocycles. The largest absolute Gasteiger partial charge is 0.344 e. The Morgan fingerprint density at radius 1 is 1.42 bits per heavy atom. The maximum atomic E-state index is 4.39. The molecule has 0 saturated heterocycles. The Hall–Kier alpha value is -1.12. The molecule has 1 unspecified atom stereocenters. The minimum atomic E-state index is 0.540. The molecule has 0 aliphatic carbocycles. The van der Waals surface area contributed by atoms with Gasteiger partial charge in [-0.25, -0.2) is 9.98 Å². The van der Waals surface area contributed by atoms with Crippen molar-refractivity contribution in [2.24, 2.45) is 4.99 Å². The second-order valence-corrected chi connectivity index (χ2v) is 3.51. The number of rotatable bonds is 0. The molecular weight excluding hydrogens is 150 g/mol. The minimum absolute atomic E-state index is 0.540. The number of fused-ring (bicyclic) bond motifs is 1. The van der Waals surface area contributed by atoms with Crippen LogP contribution in [0, 0.1) is 6.92 Å². The molecule has 3 nitrogen and oxygen atoms in total. The second kappa shape index (κ2) is 2.44. The third kappa shape index (κ3) is 1.05. The van der Waals surface area contributed by atoms with Crippen molar-refractivity contribution in [3.8, 4) is 0 Å². The summed E-state index contributed by atoms with van der Waals surface area (Å²) in [6.07, 6.45) is 1.05. The molecule has 0 radical (unpaired) electrons. The van der Waals surface area contributed by atoms with Crippen LogP contribution in [0.15, 0.2) is 4.99 Å². The minimum Gasteiger partial charge on any atom is -0.344 e. The zero-order valence-electron chi connectivity index (χ0n) is 7.68. The Morgan fingerprint density at radius 3 is 2.92 bits per heavy atom. The average Bonchev–Trinajstić information content (AvgIpc) is 2.29. The molecule has 0 saturated carbocycles. The first kappa shape index (κ1) is 7.53. The molecule has 1 aromatic heterocycles. The van der Waals surface area contributed by atoms with Crippen molar-refractivity contribution in [3.05, 3.63) is 11.5 Å². The van der Waals surface area contributed by atoms with Crippen molar-refractivity contribution < 1.29 is 0 Å². The Kier molecular flexibility index (Phi) is 1.53. The van der Waals surface area contributed by atoms with Crippen LogP contribution in [0.1, 0.15) is 37.7 Å². The summed E-state index contributed by atoms with van der Waals surface area (Å²) in [5, 5.41) is 0. The highest BCUT2D eigenvalue weighted by atomic mass is 15.0. The van der Waals surface area contributed by atoms with Crippen LogP contribution in [0.25, 0.3) is 0 Å². The van der Waals surface area contributed by atoms with E-state index < -0.39 is 0 Å². The third-order valence-electron chi connectivity index (χ3n) is 2.22. The van der Waals surface area contributed by atoms with Crippen LogP contribution in [0.5, 0.6) is 0 Å². The van der Waals surface area contributed by atoms with Crippen molar-refractivity contribution >= 4 is 11.5 Å². The maximum absolute atomic E-state index is 4.39. The lowest BCUT2D eigenvalue weighted by molar-refractivity contribution is 0.761. The Bertz CT molecular complexity index is 336. The number of aromatic amines is 1. The molecule has 2 rings (SSSR count). The Balaban J connectivity index is 2.53. The van der Waals surface area contributed by atoms with Crippen molar-refractivity contribution in [2.75, 3.05) is 0 Å². The zero-order valence-corrected chi connectivity index (χ0v) is 7.68. The molecule has 0 amide bonds. The summed E-state index contributed by atoms with van der Waals surface area (Å²) >= 11 is 0. The van der Waals surface area contributed by atoms with Crippen LogP contribution in [0.3, 0.4) is 0 Å². The van der Waals surface area contributed by atoms with Gasteiger partial charge in [-0.15, -0.1) is 0 Å². The van der Waals surface area contributed by atoms with E-state index in [9.17, 15) is 0 Å². The number of aryl methyl sites for hydroxylation is 1. The standard InChI is InChI=1S/C9H13N3/c1-5-4-6(2)10-9-8(5)11-7(3)12-9/h5H,4H2,1-3H3,(H,11,12). The summed E-state index contributed by atoms with van der Waals surface area (Å²) in [4.78, 5) is 11.9. The predicted molar refractivity (Wildman–Crippen MR) is 49.1 cm³/mol. The van der Waals surface area contributed by atoms with Gasteiger partial charge in [0.25, 0.3) is 0 Å². The molecule has 2 heterocycles. The van der Waals surface area contributed by atoms with Gasteiger partial charge in [-0.2, -0.15) is 0 Å². The summed E-state index contributed by atoms with van der Waals surface area (Å²) in [6.45, 7) is 6.23. The zero-order chi connectivity index (χ0) is 8.72. The number of nitrogens with zero attached hydrogens (tertiary/aromatic N) is 2. The molecule has 1 aromatic rings. The smallest absolute Gasteiger partial charge is 0.173 e. The summed E-state index contributed by atoms with van der Waals surface area (Å²) in [5.74, 6) is 2.40. The first-order valence-corrected chi connectivity index (χ1v) is 4.27. The van der Waals surface area contributed by atoms with Crippen molar-refractivity contribution in [1.82, 2.24) is 9.97 Å². The van der Waals surface area contributed by atoms with Gasteiger partial charge in [0, 0.05) is 11.6 Å². The first-order chi connectivity index (χ1) is 5.66. The highest BCUT2D eigenvalue weighted by Crippen LogP contribution is 2.31. The monoisotopic (exact) mass is 163 g/mol. The number of hydrogen-bond donors (Lipinski definition) is 1. The number of imidazole rings is 1. The van der Waals surface area contributed by atoms with Crippen molar-refractivity contribution in [2.45, 2.75) is 33.1 Å². The lowest BCUT2D eigenvalue weighted by Gasteiger charge is -2.14. The van der Waals surface area contributed by atoms with Gasteiger partial charge in [-0.05, 0) is 20.3 Å². The maximum Gasteiger partial charge on any atom is 0.173 e. The van der Waals surface area contributed by atoms with Gasteiger partial charge >= 0.3 is 0 Å². The van der Waals surface area contributed by atoms with Gasteiger partial charge in [0.15, 0.2) is 5.82 Å². The molecule has 12 heavy (non-hydrogen) atoms. The predicted octanol–water partition coefficient (Wildman–Crippen LogP) is 2.32. The number of aliphatic imine (C=N–C) groups is 1. The van der Waals surface area contributed by atoms with Gasteiger partial charge in [0.05, 0.1) is 5.69 Å². The van der Waals surface area contributed by atoms with Crippen LogP contribution in [0.4, 0.5) is 5.82 Å². The van der Waals surface area contributed by atoms with E-state index in [1.165, 1.54) is 11.4 Å². The number of aromatic nitrogens is 2. The average molecular weight is 163 g/mol. The molecule has 64 valence electrons. The normalized spacial score (nSPS) is 21.9. The van der Waals surface area contributed by atoms with Crippen LogP contribution >= 0.6 is 0 Å². The van der Waals surface area contributed by atoms with E-state index in [1.807, 2.05) is 6.92 Å². The lowest BCUT2D eigenvalue weighted by atomic mass is 9.99. The van der Waals surface area contributed by atoms with E-state index in [4.69, 9.17) is 0 Å². The van der Waals surface area contributed by atoms with Crippen LogP contribution < -0.4 is 0 Å². The van der Waals surface area contributed by atoms with Crippen LogP contribution in [0.2, 0.25) is 0 Å². The fraction of sp³-hybridized carbons (Fsp3) is 0.556. The molecule has 0 fully saturated rings. The lowest BCUT2D eigenvalue weighted by Crippen LogP contribution is -2.06. The van der Waals surface area contributed by atoms with E-state index in [1.54, 1.807) is 0 Å².